The predicted molar refractivity (Wildman–Crippen MR) is 76.1 cm³/mol. The predicted octanol–water partition coefficient (Wildman–Crippen LogP) is 3.57. The Labute approximate surface area is 133 Å². The minimum Gasteiger partial charge on any atom is -0.508 e. The lowest BCUT2D eigenvalue weighted by Crippen LogP contribution is -2.43. The van der Waals surface area contributed by atoms with Gasteiger partial charge in [-0.15, -0.1) is 0 Å². The molecule has 0 heterocycles. The quantitative estimate of drug-likeness (QED) is 0.642. The van der Waals surface area contributed by atoms with Gasteiger partial charge < -0.3 is 10.8 Å². The van der Waals surface area contributed by atoms with Crippen molar-refractivity contribution in [3.05, 3.63) is 42.5 Å². The van der Waals surface area contributed by atoms with Crippen molar-refractivity contribution in [1.29, 1.82) is 0 Å². The summed E-state index contributed by atoms with van der Waals surface area (Å²) in [5.74, 6) is -0.0543. The molecular weight excluding hydrogens is 357 g/mol. The van der Waals surface area contributed by atoms with Crippen LogP contribution in [0.25, 0.3) is 11.1 Å². The summed E-state index contributed by atoms with van der Waals surface area (Å²) in [4.78, 5) is -1.25. The molecule has 0 radical (unpaired) electrons. The average molecular weight is 367 g/mol. The first-order valence-corrected chi connectivity index (χ1v) is 7.74. The van der Waals surface area contributed by atoms with Crippen LogP contribution in [0.2, 0.25) is 0 Å². The van der Waals surface area contributed by atoms with Crippen LogP contribution >= 0.6 is 0 Å². The minimum absolute atomic E-state index is 0.0543. The van der Waals surface area contributed by atoms with Crippen molar-refractivity contribution in [2.75, 3.05) is 5.73 Å². The molecule has 0 aromatic heterocycles. The maximum absolute atomic E-state index is 13.2. The number of rotatable bonds is 3. The number of nitrogens with two attached hydrogens (primary N) is 1. The first kappa shape index (κ1) is 18.0. The molecule has 0 fully saturated rings. The Hall–Kier alpha value is -2.36. The van der Waals surface area contributed by atoms with Gasteiger partial charge in [-0.25, -0.2) is 8.42 Å². The Balaban J connectivity index is 2.52. The van der Waals surface area contributed by atoms with Crippen LogP contribution in [-0.2, 0) is 9.84 Å². The SMILES string of the molecule is Nc1cc(S(=O)(=O)C(F)(F)C(F)(F)F)ccc1-c1ccc(O)cc1. The summed E-state index contributed by atoms with van der Waals surface area (Å²) in [5.41, 5.74) is 5.91. The van der Waals surface area contributed by atoms with Gasteiger partial charge in [0, 0.05) is 11.3 Å². The Bertz CT molecular complexity index is 861. The number of alkyl halides is 5. The molecule has 2 aromatic rings. The number of phenols is 1. The van der Waals surface area contributed by atoms with Crippen LogP contribution in [0, 0.1) is 0 Å². The van der Waals surface area contributed by atoms with Gasteiger partial charge in [0.2, 0.25) is 0 Å². The third-order valence-electron chi connectivity index (χ3n) is 3.18. The van der Waals surface area contributed by atoms with Crippen molar-refractivity contribution in [3.63, 3.8) is 0 Å². The van der Waals surface area contributed by atoms with Crippen molar-refractivity contribution >= 4 is 15.5 Å². The first-order valence-electron chi connectivity index (χ1n) is 6.26. The number of phenolic OH excluding ortho intramolecular Hbond substituents is 1. The largest absolute Gasteiger partial charge is 0.508 e. The summed E-state index contributed by atoms with van der Waals surface area (Å²) in [6.45, 7) is 0. The summed E-state index contributed by atoms with van der Waals surface area (Å²) < 4.78 is 86.5. The lowest BCUT2D eigenvalue weighted by molar-refractivity contribution is -0.241. The van der Waals surface area contributed by atoms with E-state index in [2.05, 4.69) is 0 Å². The van der Waals surface area contributed by atoms with Crippen LogP contribution in [0.4, 0.5) is 27.6 Å². The van der Waals surface area contributed by atoms with Crippen LogP contribution in [0.1, 0.15) is 0 Å². The third-order valence-corrected chi connectivity index (χ3v) is 4.96. The number of sulfone groups is 1. The van der Waals surface area contributed by atoms with E-state index in [0.717, 1.165) is 6.07 Å². The molecule has 0 atom stereocenters. The lowest BCUT2D eigenvalue weighted by Gasteiger charge is -2.20. The zero-order valence-corrected chi connectivity index (χ0v) is 12.5. The monoisotopic (exact) mass is 367 g/mol. The molecule has 0 unspecified atom stereocenters. The highest BCUT2D eigenvalue weighted by molar-refractivity contribution is 7.92. The summed E-state index contributed by atoms with van der Waals surface area (Å²) >= 11 is 0. The zero-order chi connectivity index (χ0) is 18.3. The van der Waals surface area contributed by atoms with Crippen molar-refractivity contribution < 1.29 is 35.5 Å². The fraction of sp³-hybridized carbons (Fsp3) is 0.143. The van der Waals surface area contributed by atoms with Crippen LogP contribution in [0.5, 0.6) is 5.75 Å². The van der Waals surface area contributed by atoms with Gasteiger partial charge in [-0.3, -0.25) is 0 Å². The van der Waals surface area contributed by atoms with Gasteiger partial charge in [0.15, 0.2) is 0 Å². The van der Waals surface area contributed by atoms with E-state index in [1.165, 1.54) is 24.3 Å². The molecule has 0 aliphatic rings. The number of benzene rings is 2. The maximum Gasteiger partial charge on any atom is 0.469 e. The van der Waals surface area contributed by atoms with Gasteiger partial charge in [-0.1, -0.05) is 18.2 Å². The number of hydrogen-bond donors (Lipinski definition) is 2. The molecule has 0 bridgehead atoms. The van der Waals surface area contributed by atoms with E-state index in [1.54, 1.807) is 0 Å². The highest BCUT2D eigenvalue weighted by atomic mass is 32.2. The number of nitrogen functional groups attached to an aromatic ring is 1. The average Bonchev–Trinajstić information content (AvgIpc) is 2.47. The van der Waals surface area contributed by atoms with Crippen molar-refractivity contribution in [3.8, 4) is 16.9 Å². The molecule has 3 N–H and O–H groups in total. The smallest absolute Gasteiger partial charge is 0.469 e. The van der Waals surface area contributed by atoms with Crippen molar-refractivity contribution in [1.82, 2.24) is 0 Å². The second kappa shape index (κ2) is 5.62. The van der Waals surface area contributed by atoms with Gasteiger partial charge in [0.1, 0.15) is 5.75 Å². The van der Waals surface area contributed by atoms with Gasteiger partial charge >= 0.3 is 11.4 Å². The second-order valence-electron chi connectivity index (χ2n) is 4.81. The highest BCUT2D eigenvalue weighted by Gasteiger charge is 2.67. The molecule has 0 saturated heterocycles. The normalized spacial score (nSPS) is 13.0. The number of anilines is 1. The molecule has 130 valence electrons. The molecular formula is C14H10F5NO3S. The fourth-order valence-corrected chi connectivity index (χ4v) is 3.04. The van der Waals surface area contributed by atoms with Gasteiger partial charge in [-0.05, 0) is 29.8 Å². The molecule has 10 heteroatoms. The Morgan fingerprint density at radius 2 is 1.46 bits per heavy atom. The molecule has 0 aliphatic carbocycles. The standard InChI is InChI=1S/C14H10F5NO3S/c15-13(16,17)14(18,19)24(22,23)10-5-6-11(12(20)7-10)8-1-3-9(21)4-2-8/h1-7,21H,20H2. The molecule has 2 aromatic carbocycles. The molecule has 24 heavy (non-hydrogen) atoms. The molecule has 0 amide bonds. The third kappa shape index (κ3) is 2.88. The fourth-order valence-electron chi connectivity index (χ4n) is 1.91. The van der Waals surface area contributed by atoms with Crippen LogP contribution in [0.3, 0.4) is 0 Å². The van der Waals surface area contributed by atoms with E-state index in [1.807, 2.05) is 0 Å². The van der Waals surface area contributed by atoms with E-state index in [-0.39, 0.29) is 17.0 Å². The Morgan fingerprint density at radius 1 is 0.917 bits per heavy atom. The van der Waals surface area contributed by atoms with Crippen molar-refractivity contribution in [2.24, 2.45) is 0 Å². The summed E-state index contributed by atoms with van der Waals surface area (Å²) in [6.07, 6.45) is -6.25. The number of aromatic hydroxyl groups is 1. The summed E-state index contributed by atoms with van der Waals surface area (Å²) in [7, 11) is -6.00. The van der Waals surface area contributed by atoms with Crippen molar-refractivity contribution in [2.45, 2.75) is 16.3 Å². The van der Waals surface area contributed by atoms with E-state index in [0.29, 0.717) is 17.7 Å². The topological polar surface area (TPSA) is 80.4 Å². The van der Waals surface area contributed by atoms with E-state index < -0.39 is 26.2 Å². The number of halogens is 5. The molecule has 0 aliphatic heterocycles. The highest BCUT2D eigenvalue weighted by Crippen LogP contribution is 2.43. The molecule has 0 saturated carbocycles. The van der Waals surface area contributed by atoms with Gasteiger partial charge in [0.05, 0.1) is 4.90 Å². The maximum atomic E-state index is 13.2. The second-order valence-corrected chi connectivity index (χ2v) is 6.80. The Kier molecular flexibility index (Phi) is 4.21. The number of hydrogen-bond acceptors (Lipinski definition) is 4. The zero-order valence-electron chi connectivity index (χ0n) is 11.7. The van der Waals surface area contributed by atoms with Crippen LogP contribution in [-0.4, -0.2) is 25.0 Å². The molecule has 4 nitrogen and oxygen atoms in total. The Morgan fingerprint density at radius 3 is 1.92 bits per heavy atom. The summed E-state index contributed by atoms with van der Waals surface area (Å²) in [5, 5.41) is 3.25. The van der Waals surface area contributed by atoms with Gasteiger partial charge in [0.25, 0.3) is 9.84 Å². The first-order chi connectivity index (χ1) is 10.9. The van der Waals surface area contributed by atoms with E-state index in [9.17, 15) is 35.5 Å². The lowest BCUT2D eigenvalue weighted by atomic mass is 10.0. The van der Waals surface area contributed by atoms with E-state index >= 15 is 0 Å². The minimum atomic E-state index is -6.25. The van der Waals surface area contributed by atoms with E-state index in [4.69, 9.17) is 5.73 Å². The van der Waals surface area contributed by atoms with Crippen LogP contribution in [0.15, 0.2) is 47.4 Å². The summed E-state index contributed by atoms with van der Waals surface area (Å²) in [6, 6.07) is 7.61. The van der Waals surface area contributed by atoms with Gasteiger partial charge in [-0.2, -0.15) is 22.0 Å². The molecule has 0 spiro atoms. The molecule has 2 rings (SSSR count). The van der Waals surface area contributed by atoms with Crippen LogP contribution < -0.4 is 5.73 Å².